The Morgan fingerprint density at radius 3 is 2.41 bits per heavy atom. The van der Waals surface area contributed by atoms with Gasteiger partial charge < -0.3 is 10.6 Å². The lowest BCUT2D eigenvalue weighted by Crippen LogP contribution is -2.38. The molecule has 0 saturated heterocycles. The third kappa shape index (κ3) is 4.28. The van der Waals surface area contributed by atoms with Gasteiger partial charge in [0.15, 0.2) is 5.11 Å². The smallest absolute Gasteiger partial charge is 0.167 e. The molecule has 0 unspecified atom stereocenters. The lowest BCUT2D eigenvalue weighted by molar-refractivity contribution is 0.620. The van der Waals surface area contributed by atoms with E-state index in [1.54, 1.807) is 12.1 Å². The van der Waals surface area contributed by atoms with Crippen LogP contribution in [0.4, 0.5) is 4.39 Å². The van der Waals surface area contributed by atoms with Gasteiger partial charge in [0.2, 0.25) is 0 Å². The van der Waals surface area contributed by atoms with Crippen molar-refractivity contribution in [2.24, 2.45) is 0 Å². The molecule has 2 rings (SSSR count). The Morgan fingerprint density at radius 2 is 1.82 bits per heavy atom. The van der Waals surface area contributed by atoms with Crippen LogP contribution in [-0.2, 0) is 6.42 Å². The summed E-state index contributed by atoms with van der Waals surface area (Å²) in [6.45, 7) is 4.86. The van der Waals surface area contributed by atoms with Crippen LogP contribution in [0.15, 0.2) is 48.5 Å². The van der Waals surface area contributed by atoms with Crippen LogP contribution in [0.3, 0.4) is 0 Å². The van der Waals surface area contributed by atoms with Gasteiger partial charge in [0.25, 0.3) is 0 Å². The molecular formula is C18H21FN2S. The summed E-state index contributed by atoms with van der Waals surface area (Å²) in [6.07, 6.45) is 0.994. The van der Waals surface area contributed by atoms with Crippen molar-refractivity contribution in [1.82, 2.24) is 10.6 Å². The van der Waals surface area contributed by atoms with Gasteiger partial charge in [0.1, 0.15) is 5.82 Å². The SMILES string of the molecule is CCNC(=S)N[C@@H](c1ccc(CC)cc1)c1cccc(F)c1. The van der Waals surface area contributed by atoms with Crippen LogP contribution in [0.2, 0.25) is 0 Å². The van der Waals surface area contributed by atoms with Gasteiger partial charge in [-0.3, -0.25) is 0 Å². The second-order valence-electron chi connectivity index (χ2n) is 5.09. The molecule has 0 amide bonds. The third-order valence-corrected chi connectivity index (χ3v) is 3.78. The van der Waals surface area contributed by atoms with Crippen molar-refractivity contribution < 1.29 is 4.39 Å². The highest BCUT2D eigenvalue weighted by Gasteiger charge is 2.15. The van der Waals surface area contributed by atoms with Crippen LogP contribution in [-0.4, -0.2) is 11.7 Å². The van der Waals surface area contributed by atoms with Crippen molar-refractivity contribution >= 4 is 17.3 Å². The van der Waals surface area contributed by atoms with E-state index >= 15 is 0 Å². The molecule has 2 aromatic rings. The first-order valence-electron chi connectivity index (χ1n) is 7.52. The average Bonchev–Trinajstić information content (AvgIpc) is 2.53. The second kappa shape index (κ2) is 7.90. The highest BCUT2D eigenvalue weighted by molar-refractivity contribution is 7.80. The fourth-order valence-electron chi connectivity index (χ4n) is 2.33. The molecule has 2 N–H and O–H groups in total. The predicted molar refractivity (Wildman–Crippen MR) is 93.5 cm³/mol. The van der Waals surface area contributed by atoms with E-state index in [0.717, 1.165) is 24.1 Å². The highest BCUT2D eigenvalue weighted by atomic mass is 32.1. The fourth-order valence-corrected chi connectivity index (χ4v) is 2.60. The van der Waals surface area contributed by atoms with E-state index < -0.39 is 0 Å². The maximum Gasteiger partial charge on any atom is 0.167 e. The predicted octanol–water partition coefficient (Wildman–Crippen LogP) is 3.96. The molecule has 0 spiro atoms. The van der Waals surface area contributed by atoms with E-state index in [4.69, 9.17) is 12.2 Å². The number of thiocarbonyl (C=S) groups is 1. The molecule has 0 aromatic heterocycles. The molecule has 0 aliphatic heterocycles. The first kappa shape index (κ1) is 16.4. The standard InChI is InChI=1S/C18H21FN2S/c1-3-13-8-10-14(11-9-13)17(21-18(22)20-4-2)15-6-5-7-16(19)12-15/h5-12,17H,3-4H2,1-2H3,(H2,20,21,22)/t17-/m0/s1. The molecule has 0 saturated carbocycles. The molecular weight excluding hydrogens is 295 g/mol. The van der Waals surface area contributed by atoms with Gasteiger partial charge in [0, 0.05) is 6.54 Å². The summed E-state index contributed by atoms with van der Waals surface area (Å²) in [5, 5.41) is 6.91. The number of hydrogen-bond donors (Lipinski definition) is 2. The van der Waals surface area contributed by atoms with Crippen LogP contribution in [0.5, 0.6) is 0 Å². The Kier molecular flexibility index (Phi) is 5.90. The Balaban J connectivity index is 2.33. The van der Waals surface area contributed by atoms with Crippen LogP contribution < -0.4 is 10.6 Å². The van der Waals surface area contributed by atoms with E-state index in [-0.39, 0.29) is 11.9 Å². The van der Waals surface area contributed by atoms with Crippen molar-refractivity contribution in [3.8, 4) is 0 Å². The maximum atomic E-state index is 13.6. The summed E-state index contributed by atoms with van der Waals surface area (Å²) in [7, 11) is 0. The molecule has 0 radical (unpaired) electrons. The van der Waals surface area contributed by atoms with E-state index in [1.165, 1.54) is 11.6 Å². The van der Waals surface area contributed by atoms with Gasteiger partial charge in [-0.1, -0.05) is 43.3 Å². The first-order chi connectivity index (χ1) is 10.6. The number of aryl methyl sites for hydroxylation is 1. The van der Waals surface area contributed by atoms with Crippen LogP contribution in [0.1, 0.15) is 36.6 Å². The summed E-state index contributed by atoms with van der Waals surface area (Å²) >= 11 is 5.29. The zero-order valence-electron chi connectivity index (χ0n) is 12.9. The molecule has 116 valence electrons. The summed E-state index contributed by atoms with van der Waals surface area (Å²) in [5.74, 6) is -0.246. The second-order valence-corrected chi connectivity index (χ2v) is 5.50. The van der Waals surface area contributed by atoms with Crippen molar-refractivity contribution in [2.45, 2.75) is 26.3 Å². The number of rotatable bonds is 5. The molecule has 2 aromatic carbocycles. The Hall–Kier alpha value is -1.94. The van der Waals surface area contributed by atoms with Crippen LogP contribution in [0.25, 0.3) is 0 Å². The maximum absolute atomic E-state index is 13.6. The Labute approximate surface area is 136 Å². The van der Waals surface area contributed by atoms with E-state index in [9.17, 15) is 4.39 Å². The average molecular weight is 316 g/mol. The summed E-state index contributed by atoms with van der Waals surface area (Å²) in [6, 6.07) is 14.8. The van der Waals surface area contributed by atoms with Gasteiger partial charge >= 0.3 is 0 Å². The van der Waals surface area contributed by atoms with Crippen LogP contribution in [0, 0.1) is 5.82 Å². The number of nitrogens with one attached hydrogen (secondary N) is 2. The zero-order valence-corrected chi connectivity index (χ0v) is 13.7. The van der Waals surface area contributed by atoms with Crippen molar-refractivity contribution in [1.29, 1.82) is 0 Å². The van der Waals surface area contributed by atoms with Gasteiger partial charge in [-0.15, -0.1) is 0 Å². The summed E-state index contributed by atoms with van der Waals surface area (Å²) in [5.41, 5.74) is 3.18. The topological polar surface area (TPSA) is 24.1 Å². The van der Waals surface area contributed by atoms with Crippen molar-refractivity contribution in [3.05, 3.63) is 71.0 Å². The monoisotopic (exact) mass is 316 g/mol. The minimum Gasteiger partial charge on any atom is -0.363 e. The number of benzene rings is 2. The number of hydrogen-bond acceptors (Lipinski definition) is 1. The molecule has 0 heterocycles. The van der Waals surface area contributed by atoms with Crippen LogP contribution >= 0.6 is 12.2 Å². The van der Waals surface area contributed by atoms with Gasteiger partial charge in [-0.2, -0.15) is 0 Å². The largest absolute Gasteiger partial charge is 0.363 e. The molecule has 0 fully saturated rings. The van der Waals surface area contributed by atoms with Crippen molar-refractivity contribution in [3.63, 3.8) is 0 Å². The molecule has 4 heteroatoms. The summed E-state index contributed by atoms with van der Waals surface area (Å²) < 4.78 is 13.6. The first-order valence-corrected chi connectivity index (χ1v) is 7.93. The molecule has 1 atom stereocenters. The Morgan fingerprint density at radius 1 is 1.09 bits per heavy atom. The zero-order chi connectivity index (χ0) is 15.9. The number of halogens is 1. The summed E-state index contributed by atoms with van der Waals surface area (Å²) in [4.78, 5) is 0. The molecule has 0 aliphatic rings. The third-order valence-electron chi connectivity index (χ3n) is 3.52. The van der Waals surface area contributed by atoms with Gasteiger partial charge in [-0.25, -0.2) is 4.39 Å². The molecule has 0 aliphatic carbocycles. The lowest BCUT2D eigenvalue weighted by atomic mass is 9.97. The molecule has 2 nitrogen and oxygen atoms in total. The molecule has 22 heavy (non-hydrogen) atoms. The quantitative estimate of drug-likeness (QED) is 0.817. The Bertz CT molecular complexity index is 625. The van der Waals surface area contributed by atoms with E-state index in [1.807, 2.05) is 13.0 Å². The van der Waals surface area contributed by atoms with E-state index in [0.29, 0.717) is 5.11 Å². The highest BCUT2D eigenvalue weighted by Crippen LogP contribution is 2.23. The lowest BCUT2D eigenvalue weighted by Gasteiger charge is -2.22. The van der Waals surface area contributed by atoms with Gasteiger partial charge in [-0.05, 0) is 54.4 Å². The molecule has 0 bridgehead atoms. The van der Waals surface area contributed by atoms with E-state index in [2.05, 4.69) is 41.8 Å². The van der Waals surface area contributed by atoms with Crippen molar-refractivity contribution in [2.75, 3.05) is 6.54 Å². The fraction of sp³-hybridized carbons (Fsp3) is 0.278. The normalized spacial score (nSPS) is 11.8. The van der Waals surface area contributed by atoms with Gasteiger partial charge in [0.05, 0.1) is 6.04 Å². The minimum absolute atomic E-state index is 0.173. The minimum atomic E-state index is -0.246.